The van der Waals surface area contributed by atoms with Crippen molar-refractivity contribution in [3.63, 3.8) is 0 Å². The van der Waals surface area contributed by atoms with Crippen LogP contribution in [-0.2, 0) is 17.8 Å². The molecule has 2 N–H and O–H groups in total. The van der Waals surface area contributed by atoms with Gasteiger partial charge >= 0.3 is 0 Å². The lowest BCUT2D eigenvalue weighted by Crippen LogP contribution is -2.51. The number of fused-ring (bicyclic) bond motifs is 1. The van der Waals surface area contributed by atoms with Gasteiger partial charge in [0, 0.05) is 55.7 Å². The number of amides is 1. The summed E-state index contributed by atoms with van der Waals surface area (Å²) in [5.41, 5.74) is 7.39. The summed E-state index contributed by atoms with van der Waals surface area (Å²) in [5.74, 6) is 0.511. The third-order valence-electron chi connectivity index (χ3n) is 4.83. The summed E-state index contributed by atoms with van der Waals surface area (Å²) in [6.07, 6.45) is 2.77. The number of nitrogens with zero attached hydrogens (tertiary/aromatic N) is 5. The molecular formula is C17H23IN6OS2. The van der Waals surface area contributed by atoms with Gasteiger partial charge in [-0.2, -0.15) is 0 Å². The highest BCUT2D eigenvalue weighted by Gasteiger charge is 2.22. The molecule has 10 heteroatoms. The summed E-state index contributed by atoms with van der Waals surface area (Å²) in [4.78, 5) is 28.7. The molecule has 0 saturated carbocycles. The molecule has 2 aliphatic rings. The largest absolute Gasteiger partial charge is 0.370 e. The summed E-state index contributed by atoms with van der Waals surface area (Å²) < 4.78 is 0. The van der Waals surface area contributed by atoms with Crippen molar-refractivity contribution in [1.29, 1.82) is 0 Å². The SMILES string of the molecule is I.NC(=NCC(=O)N1CCc2sccc2C1)N1CCN(c2nccs2)CC1. The minimum atomic E-state index is 0. The number of thiazole rings is 1. The van der Waals surface area contributed by atoms with Gasteiger partial charge in [0.1, 0.15) is 6.54 Å². The molecule has 4 heterocycles. The summed E-state index contributed by atoms with van der Waals surface area (Å²) in [6.45, 7) is 4.91. The first-order chi connectivity index (χ1) is 12.7. The molecule has 0 unspecified atom stereocenters. The molecule has 0 atom stereocenters. The lowest BCUT2D eigenvalue weighted by molar-refractivity contribution is -0.130. The quantitative estimate of drug-likeness (QED) is 0.381. The fourth-order valence-corrected chi connectivity index (χ4v) is 4.90. The molecule has 2 aromatic rings. The Bertz CT molecular complexity index is 785. The molecule has 0 radical (unpaired) electrons. The standard InChI is InChI=1S/C17H22N6OS2.HI/c18-16(21-5-7-22(8-6-21)17-19-3-10-26-17)20-11-15(24)23-4-1-14-13(12-23)2-9-25-14;/h2-3,9-10H,1,4-8,11-12H2,(H2,18,20);1H. The van der Waals surface area contributed by atoms with Gasteiger partial charge in [-0.25, -0.2) is 9.98 Å². The molecule has 27 heavy (non-hydrogen) atoms. The Morgan fingerprint density at radius 2 is 1.96 bits per heavy atom. The Morgan fingerprint density at radius 3 is 2.70 bits per heavy atom. The number of hydrogen-bond acceptors (Lipinski definition) is 6. The number of anilines is 1. The predicted molar refractivity (Wildman–Crippen MR) is 121 cm³/mol. The van der Waals surface area contributed by atoms with Gasteiger partial charge in [0.05, 0.1) is 0 Å². The van der Waals surface area contributed by atoms with Gasteiger partial charge < -0.3 is 20.4 Å². The van der Waals surface area contributed by atoms with Crippen LogP contribution in [0.1, 0.15) is 10.4 Å². The lowest BCUT2D eigenvalue weighted by atomic mass is 10.1. The van der Waals surface area contributed by atoms with Crippen molar-refractivity contribution in [1.82, 2.24) is 14.8 Å². The van der Waals surface area contributed by atoms with E-state index in [1.165, 1.54) is 10.4 Å². The zero-order chi connectivity index (χ0) is 17.9. The number of carbonyl (C=O) groups excluding carboxylic acids is 1. The highest BCUT2D eigenvalue weighted by atomic mass is 127. The van der Waals surface area contributed by atoms with Crippen molar-refractivity contribution < 1.29 is 4.79 Å². The second-order valence-electron chi connectivity index (χ2n) is 6.40. The van der Waals surface area contributed by atoms with Crippen molar-refractivity contribution in [2.75, 3.05) is 44.2 Å². The van der Waals surface area contributed by atoms with E-state index in [0.29, 0.717) is 12.5 Å². The molecular weight excluding hydrogens is 495 g/mol. The fourth-order valence-electron chi connectivity index (χ4n) is 3.31. The van der Waals surface area contributed by atoms with E-state index in [0.717, 1.165) is 44.3 Å². The van der Waals surface area contributed by atoms with E-state index < -0.39 is 0 Å². The van der Waals surface area contributed by atoms with E-state index in [4.69, 9.17) is 5.73 Å². The predicted octanol–water partition coefficient (Wildman–Crippen LogP) is 1.84. The fraction of sp³-hybridized carbons (Fsp3) is 0.471. The number of halogens is 1. The van der Waals surface area contributed by atoms with Gasteiger partial charge in [-0.05, 0) is 23.4 Å². The molecule has 0 aromatic carbocycles. The molecule has 0 aliphatic carbocycles. The van der Waals surface area contributed by atoms with Crippen molar-refractivity contribution in [3.8, 4) is 0 Å². The Morgan fingerprint density at radius 1 is 1.15 bits per heavy atom. The molecule has 7 nitrogen and oxygen atoms in total. The zero-order valence-corrected chi connectivity index (χ0v) is 18.9. The molecule has 1 fully saturated rings. The molecule has 4 rings (SSSR count). The minimum Gasteiger partial charge on any atom is -0.370 e. The van der Waals surface area contributed by atoms with Crippen molar-refractivity contribution in [3.05, 3.63) is 33.5 Å². The average Bonchev–Trinajstić information content (AvgIpc) is 3.37. The molecule has 2 aliphatic heterocycles. The molecule has 1 amide bonds. The third kappa shape index (κ3) is 4.72. The normalized spacial score (nSPS) is 17.5. The van der Waals surface area contributed by atoms with Crippen LogP contribution in [0, 0.1) is 0 Å². The number of nitrogens with two attached hydrogens (primary N) is 1. The van der Waals surface area contributed by atoms with Crippen molar-refractivity contribution in [2.45, 2.75) is 13.0 Å². The second-order valence-corrected chi connectivity index (χ2v) is 8.27. The van der Waals surface area contributed by atoms with Crippen LogP contribution >= 0.6 is 46.7 Å². The number of rotatable bonds is 3. The third-order valence-corrected chi connectivity index (χ3v) is 6.69. The smallest absolute Gasteiger partial charge is 0.244 e. The van der Waals surface area contributed by atoms with E-state index in [2.05, 4.69) is 26.3 Å². The topological polar surface area (TPSA) is 78.1 Å². The van der Waals surface area contributed by atoms with Gasteiger partial charge in [-0.3, -0.25) is 4.79 Å². The molecule has 0 bridgehead atoms. The van der Waals surface area contributed by atoms with Crippen LogP contribution in [0.25, 0.3) is 0 Å². The van der Waals surface area contributed by atoms with Crippen LogP contribution in [0.4, 0.5) is 5.13 Å². The van der Waals surface area contributed by atoms with Gasteiger partial charge in [-0.1, -0.05) is 0 Å². The highest BCUT2D eigenvalue weighted by Crippen LogP contribution is 2.24. The molecule has 0 spiro atoms. The van der Waals surface area contributed by atoms with E-state index in [9.17, 15) is 4.79 Å². The summed E-state index contributed by atoms with van der Waals surface area (Å²) >= 11 is 3.43. The maximum Gasteiger partial charge on any atom is 0.244 e. The monoisotopic (exact) mass is 518 g/mol. The number of aromatic nitrogens is 1. The zero-order valence-electron chi connectivity index (χ0n) is 14.9. The van der Waals surface area contributed by atoms with Crippen LogP contribution in [0.5, 0.6) is 0 Å². The first kappa shape index (κ1) is 20.3. The van der Waals surface area contributed by atoms with Crippen molar-refractivity contribution >= 4 is 63.6 Å². The first-order valence-corrected chi connectivity index (χ1v) is 10.5. The van der Waals surface area contributed by atoms with Gasteiger partial charge in [0.15, 0.2) is 11.1 Å². The Labute approximate surface area is 183 Å². The summed E-state index contributed by atoms with van der Waals surface area (Å²) in [6, 6.07) is 2.11. The number of hydrogen-bond donors (Lipinski definition) is 1. The lowest BCUT2D eigenvalue weighted by Gasteiger charge is -2.35. The van der Waals surface area contributed by atoms with Crippen LogP contribution < -0.4 is 10.6 Å². The van der Waals surface area contributed by atoms with E-state index in [1.807, 2.05) is 21.4 Å². The molecule has 2 aromatic heterocycles. The number of carbonyl (C=O) groups is 1. The first-order valence-electron chi connectivity index (χ1n) is 8.73. The van der Waals surface area contributed by atoms with Crippen LogP contribution in [-0.4, -0.2) is 65.9 Å². The maximum absolute atomic E-state index is 12.5. The van der Waals surface area contributed by atoms with E-state index in [-0.39, 0.29) is 36.4 Å². The number of guanidine groups is 1. The number of thiophene rings is 1. The maximum atomic E-state index is 12.5. The second kappa shape index (κ2) is 9.20. The molecule has 146 valence electrons. The Hall–Kier alpha value is -1.40. The van der Waals surface area contributed by atoms with Crippen LogP contribution in [0.15, 0.2) is 28.0 Å². The Kier molecular flexibility index (Phi) is 6.93. The highest BCUT2D eigenvalue weighted by molar-refractivity contribution is 14.0. The van der Waals surface area contributed by atoms with Crippen LogP contribution in [0.2, 0.25) is 0 Å². The summed E-state index contributed by atoms with van der Waals surface area (Å²) in [5, 5.41) is 5.14. The molecule has 1 saturated heterocycles. The Balaban J connectivity index is 0.00000210. The van der Waals surface area contributed by atoms with Gasteiger partial charge in [-0.15, -0.1) is 46.7 Å². The van der Waals surface area contributed by atoms with E-state index >= 15 is 0 Å². The van der Waals surface area contributed by atoms with Crippen molar-refractivity contribution in [2.24, 2.45) is 10.7 Å². The summed E-state index contributed by atoms with van der Waals surface area (Å²) in [7, 11) is 0. The van der Waals surface area contributed by atoms with Crippen LogP contribution in [0.3, 0.4) is 0 Å². The van der Waals surface area contributed by atoms with Gasteiger partial charge in [0.2, 0.25) is 5.91 Å². The van der Waals surface area contributed by atoms with Gasteiger partial charge in [0.25, 0.3) is 0 Å². The minimum absolute atomic E-state index is 0. The number of aliphatic imine (C=N–C) groups is 1. The number of piperazine rings is 1. The average molecular weight is 518 g/mol. The van der Waals surface area contributed by atoms with E-state index in [1.54, 1.807) is 22.7 Å².